The van der Waals surface area contributed by atoms with Crippen molar-refractivity contribution in [2.24, 2.45) is 0 Å². The van der Waals surface area contributed by atoms with Crippen molar-refractivity contribution in [2.75, 3.05) is 6.54 Å². The molecule has 0 bridgehead atoms. The summed E-state index contributed by atoms with van der Waals surface area (Å²) < 4.78 is 25.9. The van der Waals surface area contributed by atoms with Crippen LogP contribution in [0.15, 0.2) is 11.0 Å². The van der Waals surface area contributed by atoms with Gasteiger partial charge >= 0.3 is 5.97 Å². The standard InChI is InChI=1S/C10H11NO4S2/c1-3-4-5-11-17(14,15)9-6-8(10(12)13)16-7(9)2/h6,11H,5H2,1-2H3,(H,12,13). The van der Waals surface area contributed by atoms with Gasteiger partial charge < -0.3 is 5.11 Å². The maximum atomic E-state index is 11.8. The average Bonchev–Trinajstić information content (AvgIpc) is 2.61. The zero-order valence-corrected chi connectivity index (χ0v) is 10.9. The Morgan fingerprint density at radius 3 is 2.71 bits per heavy atom. The van der Waals surface area contributed by atoms with Crippen LogP contribution in [0.1, 0.15) is 21.5 Å². The van der Waals surface area contributed by atoms with Gasteiger partial charge in [0.05, 0.1) is 11.4 Å². The average molecular weight is 273 g/mol. The normalized spacial score (nSPS) is 10.7. The largest absolute Gasteiger partial charge is 0.477 e. The molecule has 0 aromatic carbocycles. The summed E-state index contributed by atoms with van der Waals surface area (Å²) in [6, 6.07) is 1.16. The molecule has 0 aliphatic heterocycles. The Labute approximate surface area is 104 Å². The van der Waals surface area contributed by atoms with E-state index >= 15 is 0 Å². The van der Waals surface area contributed by atoms with Crippen molar-refractivity contribution in [3.05, 3.63) is 15.8 Å². The molecule has 17 heavy (non-hydrogen) atoms. The number of carboxylic acids is 1. The van der Waals surface area contributed by atoms with Crippen molar-refractivity contribution < 1.29 is 18.3 Å². The van der Waals surface area contributed by atoms with Gasteiger partial charge in [0.1, 0.15) is 4.88 Å². The highest BCUT2D eigenvalue weighted by Crippen LogP contribution is 2.25. The number of hydrogen-bond acceptors (Lipinski definition) is 4. The first-order chi connectivity index (χ1) is 7.88. The Bertz CT molecular complexity index is 590. The molecule has 2 N–H and O–H groups in total. The highest BCUT2D eigenvalue weighted by molar-refractivity contribution is 7.89. The SMILES string of the molecule is CC#CCNS(=O)(=O)c1cc(C(=O)O)sc1C. The summed E-state index contributed by atoms with van der Waals surface area (Å²) in [6.07, 6.45) is 0. The van der Waals surface area contributed by atoms with Gasteiger partial charge in [0, 0.05) is 4.88 Å². The summed E-state index contributed by atoms with van der Waals surface area (Å²) in [5, 5.41) is 8.78. The Balaban J connectivity index is 3.05. The minimum absolute atomic E-state index is 0.00203. The van der Waals surface area contributed by atoms with Gasteiger partial charge in [-0.25, -0.2) is 13.2 Å². The van der Waals surface area contributed by atoms with Crippen molar-refractivity contribution in [3.8, 4) is 11.8 Å². The van der Waals surface area contributed by atoms with Gasteiger partial charge in [-0.05, 0) is 19.9 Å². The topological polar surface area (TPSA) is 83.5 Å². The van der Waals surface area contributed by atoms with Crippen LogP contribution in [0.4, 0.5) is 0 Å². The maximum Gasteiger partial charge on any atom is 0.345 e. The van der Waals surface area contributed by atoms with Crippen LogP contribution in [0.5, 0.6) is 0 Å². The lowest BCUT2D eigenvalue weighted by Crippen LogP contribution is -2.24. The van der Waals surface area contributed by atoms with E-state index < -0.39 is 16.0 Å². The fourth-order valence-electron chi connectivity index (χ4n) is 1.13. The Kier molecular flexibility index (Phi) is 4.28. The fraction of sp³-hybridized carbons (Fsp3) is 0.300. The van der Waals surface area contributed by atoms with E-state index in [1.165, 1.54) is 0 Å². The molecule has 92 valence electrons. The van der Waals surface area contributed by atoms with Crippen molar-refractivity contribution in [1.29, 1.82) is 0 Å². The molecular weight excluding hydrogens is 262 g/mol. The smallest absolute Gasteiger partial charge is 0.345 e. The molecule has 0 spiro atoms. The van der Waals surface area contributed by atoms with Crippen molar-refractivity contribution in [1.82, 2.24) is 4.72 Å². The summed E-state index contributed by atoms with van der Waals surface area (Å²) in [5.74, 6) is 4.00. The third-order valence-electron chi connectivity index (χ3n) is 1.90. The number of hydrogen-bond donors (Lipinski definition) is 2. The van der Waals surface area contributed by atoms with Crippen LogP contribution < -0.4 is 4.72 Å². The van der Waals surface area contributed by atoms with Crippen LogP contribution in [0, 0.1) is 18.8 Å². The van der Waals surface area contributed by atoms with E-state index in [1.54, 1.807) is 13.8 Å². The highest BCUT2D eigenvalue weighted by Gasteiger charge is 2.21. The third kappa shape index (κ3) is 3.30. The van der Waals surface area contributed by atoms with Crippen LogP contribution in [0.2, 0.25) is 0 Å². The van der Waals surface area contributed by atoms with Crippen molar-refractivity contribution in [2.45, 2.75) is 18.7 Å². The molecule has 7 heteroatoms. The first-order valence-electron chi connectivity index (χ1n) is 4.61. The van der Waals surface area contributed by atoms with E-state index in [1.807, 2.05) is 0 Å². The highest BCUT2D eigenvalue weighted by atomic mass is 32.2. The van der Waals surface area contributed by atoms with Gasteiger partial charge in [-0.1, -0.05) is 5.92 Å². The number of carboxylic acid groups (broad SMARTS) is 1. The van der Waals surface area contributed by atoms with Gasteiger partial charge in [-0.15, -0.1) is 17.3 Å². The Morgan fingerprint density at radius 1 is 1.59 bits per heavy atom. The van der Waals surface area contributed by atoms with Gasteiger partial charge in [0.25, 0.3) is 0 Å². The fourth-order valence-corrected chi connectivity index (χ4v) is 3.49. The first-order valence-corrected chi connectivity index (χ1v) is 6.91. The quantitative estimate of drug-likeness (QED) is 0.803. The number of thiophene rings is 1. The number of nitrogens with one attached hydrogen (secondary N) is 1. The maximum absolute atomic E-state index is 11.8. The molecule has 1 aromatic rings. The van der Waals surface area contributed by atoms with E-state index in [0.717, 1.165) is 17.4 Å². The summed E-state index contributed by atoms with van der Waals surface area (Å²) in [6.45, 7) is 3.18. The van der Waals surface area contributed by atoms with Crippen molar-refractivity contribution >= 4 is 27.3 Å². The summed E-state index contributed by atoms with van der Waals surface area (Å²) in [4.78, 5) is 11.2. The Morgan fingerprint density at radius 2 is 2.24 bits per heavy atom. The summed E-state index contributed by atoms with van der Waals surface area (Å²) in [7, 11) is -3.68. The molecule has 0 amide bonds. The minimum Gasteiger partial charge on any atom is -0.477 e. The molecule has 0 radical (unpaired) electrons. The molecule has 0 atom stereocenters. The lowest BCUT2D eigenvalue weighted by molar-refractivity contribution is 0.0702. The minimum atomic E-state index is -3.68. The molecule has 0 fully saturated rings. The third-order valence-corrected chi connectivity index (χ3v) is 4.60. The molecule has 5 nitrogen and oxygen atoms in total. The van der Waals surface area contributed by atoms with Crippen molar-refractivity contribution in [3.63, 3.8) is 0 Å². The molecule has 1 aromatic heterocycles. The molecule has 0 unspecified atom stereocenters. The number of rotatable bonds is 4. The number of carbonyl (C=O) groups is 1. The van der Waals surface area contributed by atoms with E-state index in [9.17, 15) is 13.2 Å². The molecule has 1 heterocycles. The molecule has 0 aliphatic rings. The number of aromatic carboxylic acids is 1. The van der Waals surface area contributed by atoms with E-state index in [4.69, 9.17) is 5.11 Å². The first kappa shape index (κ1) is 13.7. The number of aryl methyl sites for hydroxylation is 1. The predicted molar refractivity (Wildman–Crippen MR) is 64.7 cm³/mol. The lowest BCUT2D eigenvalue weighted by atomic mass is 10.4. The second-order valence-electron chi connectivity index (χ2n) is 3.09. The van der Waals surface area contributed by atoms with Gasteiger partial charge in [0.2, 0.25) is 10.0 Å². The zero-order valence-electron chi connectivity index (χ0n) is 9.27. The summed E-state index contributed by atoms with van der Waals surface area (Å²) in [5.41, 5.74) is 0. The van der Waals surface area contributed by atoms with Crippen LogP contribution in [0.25, 0.3) is 0 Å². The van der Waals surface area contributed by atoms with Crippen LogP contribution in [-0.2, 0) is 10.0 Å². The van der Waals surface area contributed by atoms with Gasteiger partial charge in [-0.2, -0.15) is 4.72 Å². The van der Waals surface area contributed by atoms with E-state index in [0.29, 0.717) is 4.88 Å². The second-order valence-corrected chi connectivity index (χ2v) is 6.08. The molecular formula is C10H11NO4S2. The predicted octanol–water partition coefficient (Wildman–Crippen LogP) is 1.06. The Hall–Kier alpha value is -1.36. The molecule has 0 saturated heterocycles. The number of sulfonamides is 1. The molecule has 0 aliphatic carbocycles. The van der Waals surface area contributed by atoms with Crippen LogP contribution >= 0.6 is 11.3 Å². The van der Waals surface area contributed by atoms with Crippen LogP contribution in [-0.4, -0.2) is 26.0 Å². The molecule has 1 rings (SSSR count). The molecule has 0 saturated carbocycles. The monoisotopic (exact) mass is 273 g/mol. The van der Waals surface area contributed by atoms with Gasteiger partial charge in [0.15, 0.2) is 0 Å². The second kappa shape index (κ2) is 5.31. The zero-order chi connectivity index (χ0) is 13.1. The lowest BCUT2D eigenvalue weighted by Gasteiger charge is -2.01. The van der Waals surface area contributed by atoms with Gasteiger partial charge in [-0.3, -0.25) is 0 Å². The summed E-state index contributed by atoms with van der Waals surface area (Å²) >= 11 is 0.934. The van der Waals surface area contributed by atoms with E-state index in [2.05, 4.69) is 16.6 Å². The van der Waals surface area contributed by atoms with Crippen LogP contribution in [0.3, 0.4) is 0 Å². The van der Waals surface area contributed by atoms with E-state index in [-0.39, 0.29) is 16.3 Å².